The van der Waals surface area contributed by atoms with E-state index >= 15 is 0 Å². The van der Waals surface area contributed by atoms with Crippen molar-refractivity contribution in [1.29, 1.82) is 0 Å². The molecule has 14 nitrogen and oxygen atoms in total. The topological polar surface area (TPSA) is 187 Å². The van der Waals surface area contributed by atoms with Crippen LogP contribution in [0.1, 0.15) is 50.7 Å². The maximum absolute atomic E-state index is 12.0. The number of azide groups is 1. The van der Waals surface area contributed by atoms with Crippen molar-refractivity contribution in [3.63, 3.8) is 0 Å². The molecular weight excluding hydrogens is 646 g/mol. The first-order valence-corrected chi connectivity index (χ1v) is 16.4. The molecule has 2 rings (SSSR count). The molecule has 2 unspecified atom stereocenters. The second-order valence-electron chi connectivity index (χ2n) is 10.9. The summed E-state index contributed by atoms with van der Waals surface area (Å²) in [6, 6.07) is 18.9. The zero-order valence-corrected chi connectivity index (χ0v) is 28.9. The molecule has 2 amide bonds. The number of benzene rings is 2. The van der Waals surface area contributed by atoms with Gasteiger partial charge in [0.15, 0.2) is 0 Å². The fourth-order valence-corrected chi connectivity index (χ4v) is 3.82. The van der Waals surface area contributed by atoms with Crippen LogP contribution >= 0.6 is 0 Å². The van der Waals surface area contributed by atoms with Crippen LogP contribution in [-0.2, 0) is 56.1 Å². The molecule has 2 N–H and O–H groups in total. The van der Waals surface area contributed by atoms with Gasteiger partial charge in [-0.25, -0.2) is 0 Å². The molecule has 14 heteroatoms. The quantitative estimate of drug-likeness (QED) is 0.0304. The predicted molar refractivity (Wildman–Crippen MR) is 186 cm³/mol. The molecule has 2 atom stereocenters. The van der Waals surface area contributed by atoms with Crippen LogP contribution < -0.4 is 10.6 Å². The Morgan fingerprint density at radius 1 is 0.740 bits per heavy atom. The number of terminal acetylenes is 1. The first kappa shape index (κ1) is 43.1. The van der Waals surface area contributed by atoms with Crippen LogP contribution in [0.2, 0.25) is 0 Å². The summed E-state index contributed by atoms with van der Waals surface area (Å²) in [4.78, 5) is 49.5. The number of ether oxygens (including phenoxy) is 5. The highest BCUT2D eigenvalue weighted by molar-refractivity contribution is 5.79. The number of amides is 2. The standard InChI is InChI=1S/C20H30N4O6.C16H19NO3/c1-17(7-8-19(25)30-15-18-5-3-2-4-6-18)20(26)22-16-29-14-13-28-12-11-27-10-9-23-24-21;1-3-11-17-16(19)13(2)9-10-15(18)20-12-14-7-5-4-6-8-14/h2-6,17H,7-16H2,1H3,(H,22,26);1,4-8,13H,9-12H2,2H3,(H,17,19). The highest BCUT2D eigenvalue weighted by Crippen LogP contribution is 2.10. The lowest BCUT2D eigenvalue weighted by Gasteiger charge is -2.12. The molecule has 0 saturated heterocycles. The molecule has 0 spiro atoms. The molecule has 0 bridgehead atoms. The summed E-state index contributed by atoms with van der Waals surface area (Å²) >= 11 is 0. The zero-order chi connectivity index (χ0) is 36.7. The highest BCUT2D eigenvalue weighted by Gasteiger charge is 2.16. The molecule has 0 aliphatic heterocycles. The molecule has 272 valence electrons. The van der Waals surface area contributed by atoms with Crippen LogP contribution in [0.5, 0.6) is 0 Å². The number of rotatable bonds is 24. The second-order valence-corrected chi connectivity index (χ2v) is 10.9. The minimum atomic E-state index is -0.325. The van der Waals surface area contributed by atoms with E-state index in [0.717, 1.165) is 11.1 Å². The van der Waals surface area contributed by atoms with Crippen molar-refractivity contribution in [2.45, 2.75) is 52.7 Å². The third-order valence-electron chi connectivity index (χ3n) is 6.80. The maximum Gasteiger partial charge on any atom is 0.306 e. The molecular formula is C36H49N5O9. The Hall–Kier alpha value is -4.93. The average Bonchev–Trinajstić information content (AvgIpc) is 3.14. The van der Waals surface area contributed by atoms with Crippen molar-refractivity contribution in [2.24, 2.45) is 17.0 Å². The van der Waals surface area contributed by atoms with Gasteiger partial charge in [-0.15, -0.1) is 6.42 Å². The molecule has 2 aromatic carbocycles. The predicted octanol–water partition coefficient (Wildman–Crippen LogP) is 4.48. The Morgan fingerprint density at radius 2 is 1.20 bits per heavy atom. The summed E-state index contributed by atoms with van der Waals surface area (Å²) in [7, 11) is 0. The molecule has 0 radical (unpaired) electrons. The van der Waals surface area contributed by atoms with Crippen molar-refractivity contribution in [3.8, 4) is 12.3 Å². The van der Waals surface area contributed by atoms with Crippen molar-refractivity contribution >= 4 is 23.8 Å². The number of hydrogen-bond acceptors (Lipinski definition) is 10. The third-order valence-corrected chi connectivity index (χ3v) is 6.80. The smallest absolute Gasteiger partial charge is 0.306 e. The van der Waals surface area contributed by atoms with Gasteiger partial charge >= 0.3 is 11.9 Å². The minimum absolute atomic E-state index is 0.0770. The molecule has 0 fully saturated rings. The Bertz CT molecular complexity index is 1330. The molecule has 0 aliphatic rings. The van der Waals surface area contributed by atoms with Gasteiger partial charge in [0.1, 0.15) is 19.9 Å². The van der Waals surface area contributed by atoms with Crippen LogP contribution in [0.15, 0.2) is 65.8 Å². The van der Waals surface area contributed by atoms with E-state index in [4.69, 9.17) is 35.6 Å². The fourth-order valence-electron chi connectivity index (χ4n) is 3.82. The summed E-state index contributed by atoms with van der Waals surface area (Å²) in [6.07, 6.45) is 6.31. The molecule has 0 aromatic heterocycles. The normalized spacial score (nSPS) is 11.3. The van der Waals surface area contributed by atoms with Gasteiger partial charge in [-0.05, 0) is 29.5 Å². The van der Waals surface area contributed by atoms with Crippen LogP contribution in [0.4, 0.5) is 0 Å². The number of hydrogen-bond donors (Lipinski definition) is 2. The van der Waals surface area contributed by atoms with Gasteiger partial charge in [-0.3, -0.25) is 19.2 Å². The summed E-state index contributed by atoms with van der Waals surface area (Å²) in [6.45, 7) is 6.47. The van der Waals surface area contributed by atoms with Gasteiger partial charge in [0.25, 0.3) is 0 Å². The lowest BCUT2D eigenvalue weighted by molar-refractivity contribution is -0.146. The average molecular weight is 696 g/mol. The van der Waals surface area contributed by atoms with Crippen molar-refractivity contribution < 1.29 is 42.9 Å². The van der Waals surface area contributed by atoms with Gasteiger partial charge in [-0.1, -0.05) is 85.5 Å². The zero-order valence-electron chi connectivity index (χ0n) is 28.9. The molecule has 0 heterocycles. The minimum Gasteiger partial charge on any atom is -0.461 e. The first-order chi connectivity index (χ1) is 24.3. The first-order valence-electron chi connectivity index (χ1n) is 16.4. The third kappa shape index (κ3) is 23.4. The lowest BCUT2D eigenvalue weighted by Crippen LogP contribution is -2.32. The summed E-state index contributed by atoms with van der Waals surface area (Å²) in [5.74, 6) is 0.808. The number of nitrogens with one attached hydrogen (secondary N) is 2. The van der Waals surface area contributed by atoms with E-state index < -0.39 is 0 Å². The molecule has 50 heavy (non-hydrogen) atoms. The SMILES string of the molecule is C#CCNC(=O)C(C)CCC(=O)OCc1ccccc1.CC(CCC(=O)OCc1ccccc1)C(=O)NCOCCOCCOCCN=[N+]=[N-]. The van der Waals surface area contributed by atoms with Crippen molar-refractivity contribution in [2.75, 3.05) is 52.9 Å². The summed E-state index contributed by atoms with van der Waals surface area (Å²) < 4.78 is 26.1. The van der Waals surface area contributed by atoms with Crippen LogP contribution in [-0.4, -0.2) is 76.6 Å². The van der Waals surface area contributed by atoms with E-state index in [1.165, 1.54) is 0 Å². The highest BCUT2D eigenvalue weighted by atomic mass is 16.5. The Labute approximate surface area is 294 Å². The van der Waals surface area contributed by atoms with E-state index in [9.17, 15) is 19.2 Å². The number of carbonyl (C=O) groups excluding carboxylic acids is 4. The second kappa shape index (κ2) is 29.0. The van der Waals surface area contributed by atoms with Gasteiger partial charge in [0.05, 0.1) is 39.6 Å². The van der Waals surface area contributed by atoms with E-state index in [2.05, 4.69) is 26.6 Å². The van der Waals surface area contributed by atoms with Gasteiger partial charge in [-0.2, -0.15) is 0 Å². The monoisotopic (exact) mass is 695 g/mol. The number of carbonyl (C=O) groups is 4. The van der Waals surface area contributed by atoms with Gasteiger partial charge in [0.2, 0.25) is 11.8 Å². The van der Waals surface area contributed by atoms with Gasteiger partial charge in [0, 0.05) is 36.1 Å². The Balaban J connectivity index is 0.000000542. The van der Waals surface area contributed by atoms with E-state index in [1.54, 1.807) is 13.8 Å². The van der Waals surface area contributed by atoms with E-state index in [0.29, 0.717) is 52.4 Å². The van der Waals surface area contributed by atoms with Crippen LogP contribution in [0.25, 0.3) is 10.4 Å². The Morgan fingerprint density at radius 3 is 1.68 bits per heavy atom. The lowest BCUT2D eigenvalue weighted by atomic mass is 10.1. The summed E-state index contributed by atoms with van der Waals surface area (Å²) in [5, 5.41) is 8.59. The van der Waals surface area contributed by atoms with E-state index in [1.807, 2.05) is 60.7 Å². The summed E-state index contributed by atoms with van der Waals surface area (Å²) in [5.41, 5.74) is 9.97. The van der Waals surface area contributed by atoms with Crippen LogP contribution in [0, 0.1) is 24.2 Å². The number of esters is 2. The van der Waals surface area contributed by atoms with Crippen molar-refractivity contribution in [3.05, 3.63) is 82.2 Å². The molecule has 0 saturated carbocycles. The van der Waals surface area contributed by atoms with Crippen molar-refractivity contribution in [1.82, 2.24) is 10.6 Å². The molecule has 2 aromatic rings. The maximum atomic E-state index is 12.0. The largest absolute Gasteiger partial charge is 0.461 e. The fraction of sp³-hybridized carbons (Fsp3) is 0.500. The molecule has 0 aliphatic carbocycles. The van der Waals surface area contributed by atoms with Crippen LogP contribution in [0.3, 0.4) is 0 Å². The number of nitrogens with zero attached hydrogens (tertiary/aromatic N) is 3. The Kier molecular flexibility index (Phi) is 25.0. The van der Waals surface area contributed by atoms with Gasteiger partial charge < -0.3 is 34.3 Å². The van der Waals surface area contributed by atoms with E-state index in [-0.39, 0.29) is 74.9 Å².